The van der Waals surface area contributed by atoms with E-state index in [4.69, 9.17) is 4.74 Å². The van der Waals surface area contributed by atoms with E-state index in [0.29, 0.717) is 0 Å². The Balaban J connectivity index is 2.51. The number of benzene rings is 1. The van der Waals surface area contributed by atoms with Gasteiger partial charge in [0, 0.05) is 16.6 Å². The van der Waals surface area contributed by atoms with E-state index in [1.165, 1.54) is 0 Å². The van der Waals surface area contributed by atoms with Crippen LogP contribution in [0.25, 0.3) is 11.3 Å². The van der Waals surface area contributed by atoms with Crippen molar-refractivity contribution in [3.05, 3.63) is 33.9 Å². The Morgan fingerprint density at radius 2 is 2.22 bits per heavy atom. The summed E-state index contributed by atoms with van der Waals surface area (Å²) in [5.41, 5.74) is 4.15. The van der Waals surface area contributed by atoms with Crippen molar-refractivity contribution in [2.75, 3.05) is 14.2 Å². The summed E-state index contributed by atoms with van der Waals surface area (Å²) >= 11 is 3.48. The highest BCUT2D eigenvalue weighted by molar-refractivity contribution is 9.10. The molecule has 0 aliphatic heterocycles. The minimum atomic E-state index is 0.773. The van der Waals surface area contributed by atoms with Crippen LogP contribution in [0.4, 0.5) is 0 Å². The molecule has 0 aliphatic carbocycles. The molecule has 2 aromatic rings. The van der Waals surface area contributed by atoms with Gasteiger partial charge < -0.3 is 10.1 Å². The van der Waals surface area contributed by atoms with Crippen molar-refractivity contribution in [3.63, 3.8) is 0 Å². The molecular weight excluding hydrogens is 294 g/mol. The molecular formula is C13H16BrN3O. The number of methoxy groups -OCH3 is 1. The monoisotopic (exact) mass is 309 g/mol. The Kier molecular flexibility index (Phi) is 4.04. The van der Waals surface area contributed by atoms with Crippen LogP contribution >= 0.6 is 15.9 Å². The van der Waals surface area contributed by atoms with Crippen LogP contribution in [0.3, 0.4) is 0 Å². The van der Waals surface area contributed by atoms with Crippen LogP contribution in [0.5, 0.6) is 5.75 Å². The van der Waals surface area contributed by atoms with Gasteiger partial charge >= 0.3 is 0 Å². The van der Waals surface area contributed by atoms with Crippen molar-refractivity contribution in [3.8, 4) is 17.0 Å². The second kappa shape index (κ2) is 5.54. The van der Waals surface area contributed by atoms with Gasteiger partial charge in [0.2, 0.25) is 0 Å². The molecule has 0 bridgehead atoms. The summed E-state index contributed by atoms with van der Waals surface area (Å²) in [4.78, 5) is 0. The van der Waals surface area contributed by atoms with E-state index in [-0.39, 0.29) is 0 Å². The maximum Gasteiger partial charge on any atom is 0.128 e. The first kappa shape index (κ1) is 13.1. The number of hydrogen-bond donors (Lipinski definition) is 2. The summed E-state index contributed by atoms with van der Waals surface area (Å²) in [6, 6.07) is 5.91. The van der Waals surface area contributed by atoms with Crippen molar-refractivity contribution in [2.45, 2.75) is 13.5 Å². The van der Waals surface area contributed by atoms with Gasteiger partial charge in [-0.15, -0.1) is 0 Å². The summed E-state index contributed by atoms with van der Waals surface area (Å²) in [5, 5.41) is 10.6. The molecule has 0 spiro atoms. The molecule has 4 nitrogen and oxygen atoms in total. The lowest BCUT2D eigenvalue weighted by atomic mass is 10.1. The molecule has 0 fully saturated rings. The van der Waals surface area contributed by atoms with Crippen LogP contribution in [-0.2, 0) is 6.54 Å². The van der Waals surface area contributed by atoms with E-state index in [1.54, 1.807) is 7.11 Å². The van der Waals surface area contributed by atoms with Gasteiger partial charge in [0.1, 0.15) is 5.75 Å². The Hall–Kier alpha value is -1.33. The summed E-state index contributed by atoms with van der Waals surface area (Å²) in [6.07, 6.45) is 0. The van der Waals surface area contributed by atoms with Gasteiger partial charge in [0.15, 0.2) is 0 Å². The zero-order valence-electron chi connectivity index (χ0n) is 10.7. The smallest absolute Gasteiger partial charge is 0.128 e. The first-order valence-corrected chi connectivity index (χ1v) is 6.49. The Morgan fingerprint density at radius 3 is 2.89 bits per heavy atom. The zero-order valence-corrected chi connectivity index (χ0v) is 12.3. The number of H-pyrrole nitrogens is 1. The first-order chi connectivity index (χ1) is 8.67. The average molecular weight is 310 g/mol. The highest BCUT2D eigenvalue weighted by Gasteiger charge is 2.14. The van der Waals surface area contributed by atoms with Gasteiger partial charge in [-0.2, -0.15) is 5.10 Å². The standard InChI is InChI=1S/C13H16BrN3O/c1-8-11(7-15-2)16-17-13(8)10-6-9(14)4-5-12(10)18-3/h4-6,15H,7H2,1-3H3,(H,16,17). The third-order valence-corrected chi connectivity index (χ3v) is 3.37. The summed E-state index contributed by atoms with van der Waals surface area (Å²) in [7, 11) is 3.59. The summed E-state index contributed by atoms with van der Waals surface area (Å²) in [6.45, 7) is 2.83. The minimum Gasteiger partial charge on any atom is -0.496 e. The van der Waals surface area contributed by atoms with Gasteiger partial charge in [0.05, 0.1) is 18.5 Å². The Labute approximate surface area is 115 Å². The van der Waals surface area contributed by atoms with Crippen molar-refractivity contribution in [1.29, 1.82) is 0 Å². The third kappa shape index (κ3) is 2.42. The lowest BCUT2D eigenvalue weighted by Crippen LogP contribution is -2.06. The van der Waals surface area contributed by atoms with Crippen LogP contribution in [0.15, 0.2) is 22.7 Å². The van der Waals surface area contributed by atoms with E-state index in [1.807, 2.05) is 25.2 Å². The lowest BCUT2D eigenvalue weighted by molar-refractivity contribution is 0.416. The second-order valence-corrected chi connectivity index (χ2v) is 4.97. The molecule has 0 amide bonds. The average Bonchev–Trinajstić information content (AvgIpc) is 2.72. The van der Waals surface area contributed by atoms with Gasteiger partial charge in [-0.05, 0) is 37.7 Å². The number of aromatic nitrogens is 2. The number of rotatable bonds is 4. The SMILES string of the molecule is CNCc1[nH]nc(-c2cc(Br)ccc2OC)c1C. The van der Waals surface area contributed by atoms with Gasteiger partial charge in [-0.3, -0.25) is 5.10 Å². The van der Waals surface area contributed by atoms with Crippen molar-refractivity contribution in [2.24, 2.45) is 0 Å². The van der Waals surface area contributed by atoms with Crippen molar-refractivity contribution in [1.82, 2.24) is 15.5 Å². The van der Waals surface area contributed by atoms with Crippen molar-refractivity contribution < 1.29 is 4.74 Å². The molecule has 0 aliphatic rings. The van der Waals surface area contributed by atoms with Crippen molar-refractivity contribution >= 4 is 15.9 Å². The normalized spacial score (nSPS) is 10.7. The van der Waals surface area contributed by atoms with Crippen LogP contribution in [-0.4, -0.2) is 24.4 Å². The lowest BCUT2D eigenvalue weighted by Gasteiger charge is -2.07. The molecule has 0 saturated carbocycles. The molecule has 2 N–H and O–H groups in total. The molecule has 0 atom stereocenters. The predicted octanol–water partition coefficient (Wildman–Crippen LogP) is 2.88. The quantitative estimate of drug-likeness (QED) is 0.913. The number of nitrogens with zero attached hydrogens (tertiary/aromatic N) is 1. The predicted molar refractivity (Wildman–Crippen MR) is 75.8 cm³/mol. The first-order valence-electron chi connectivity index (χ1n) is 5.69. The number of ether oxygens (including phenoxy) is 1. The minimum absolute atomic E-state index is 0.773. The second-order valence-electron chi connectivity index (χ2n) is 4.05. The fourth-order valence-electron chi connectivity index (χ4n) is 1.91. The number of halogens is 1. The third-order valence-electron chi connectivity index (χ3n) is 2.88. The Morgan fingerprint density at radius 1 is 1.44 bits per heavy atom. The highest BCUT2D eigenvalue weighted by atomic mass is 79.9. The molecule has 0 unspecified atom stereocenters. The van der Waals surface area contributed by atoms with Crippen LogP contribution < -0.4 is 10.1 Å². The number of hydrogen-bond acceptors (Lipinski definition) is 3. The topological polar surface area (TPSA) is 49.9 Å². The maximum absolute atomic E-state index is 5.39. The number of aromatic amines is 1. The van der Waals surface area contributed by atoms with E-state index in [0.717, 1.165) is 39.3 Å². The van der Waals surface area contributed by atoms with Gasteiger partial charge in [0.25, 0.3) is 0 Å². The maximum atomic E-state index is 5.39. The zero-order chi connectivity index (χ0) is 13.1. The number of nitrogens with one attached hydrogen (secondary N) is 2. The molecule has 96 valence electrons. The molecule has 0 saturated heterocycles. The highest BCUT2D eigenvalue weighted by Crippen LogP contribution is 2.33. The van der Waals surface area contributed by atoms with E-state index in [2.05, 4.69) is 38.4 Å². The van der Waals surface area contributed by atoms with Crippen LogP contribution in [0.2, 0.25) is 0 Å². The van der Waals surface area contributed by atoms with Gasteiger partial charge in [-0.25, -0.2) is 0 Å². The molecule has 1 aromatic heterocycles. The van der Waals surface area contributed by atoms with Crippen LogP contribution in [0, 0.1) is 6.92 Å². The largest absolute Gasteiger partial charge is 0.496 e. The fraction of sp³-hybridized carbons (Fsp3) is 0.308. The summed E-state index contributed by atoms with van der Waals surface area (Å²) < 4.78 is 6.40. The van der Waals surface area contributed by atoms with E-state index < -0.39 is 0 Å². The Bertz CT molecular complexity index is 551. The molecule has 18 heavy (non-hydrogen) atoms. The molecule has 5 heteroatoms. The fourth-order valence-corrected chi connectivity index (χ4v) is 2.27. The molecule has 0 radical (unpaired) electrons. The molecule has 1 aromatic carbocycles. The van der Waals surface area contributed by atoms with Gasteiger partial charge in [-0.1, -0.05) is 15.9 Å². The van der Waals surface area contributed by atoms with Crippen LogP contribution in [0.1, 0.15) is 11.3 Å². The van der Waals surface area contributed by atoms with E-state index >= 15 is 0 Å². The summed E-state index contributed by atoms with van der Waals surface area (Å²) in [5.74, 6) is 0.823. The van der Waals surface area contributed by atoms with E-state index in [9.17, 15) is 0 Å². The molecule has 2 rings (SSSR count). The molecule has 1 heterocycles.